The number of hydrogen-bond acceptors (Lipinski definition) is 2. The van der Waals surface area contributed by atoms with Gasteiger partial charge in [0.2, 0.25) is 0 Å². The average molecular weight is 794 g/mol. The van der Waals surface area contributed by atoms with Crippen molar-refractivity contribution in [2.75, 3.05) is 0 Å². The molecule has 61 heavy (non-hydrogen) atoms. The Balaban J connectivity index is 1.46. The average Bonchev–Trinajstić information content (AvgIpc) is 3.59. The number of fused-ring (bicyclic) bond motifs is 3. The van der Waals surface area contributed by atoms with Crippen LogP contribution in [0.3, 0.4) is 0 Å². The molecule has 0 N–H and O–H groups in total. The lowest BCUT2D eigenvalue weighted by atomic mass is 9.79. The second-order valence-corrected chi connectivity index (χ2v) is 19.6. The van der Waals surface area contributed by atoms with Gasteiger partial charge in [-0.1, -0.05) is 196 Å². The fourth-order valence-corrected chi connectivity index (χ4v) is 8.62. The van der Waals surface area contributed by atoms with E-state index in [-0.39, 0.29) is 16.2 Å². The molecule has 0 bridgehead atoms. The van der Waals surface area contributed by atoms with Crippen LogP contribution in [0.25, 0.3) is 83.6 Å². The highest BCUT2D eigenvalue weighted by Gasteiger charge is 2.30. The highest BCUT2D eigenvalue weighted by atomic mass is 15.0. The summed E-state index contributed by atoms with van der Waals surface area (Å²) in [5.41, 5.74) is 16.8. The van der Waals surface area contributed by atoms with Crippen molar-refractivity contribution in [2.45, 2.75) is 78.6 Å². The molecule has 9 rings (SSSR count). The molecule has 0 amide bonds. The van der Waals surface area contributed by atoms with Crippen molar-refractivity contribution in [1.29, 1.82) is 0 Å². The molecule has 0 fully saturated rings. The van der Waals surface area contributed by atoms with Gasteiger partial charge in [-0.25, -0.2) is 9.97 Å². The zero-order valence-electron chi connectivity index (χ0n) is 37.0. The zero-order valence-corrected chi connectivity index (χ0v) is 37.0. The van der Waals surface area contributed by atoms with E-state index in [2.05, 4.69) is 225 Å². The van der Waals surface area contributed by atoms with E-state index >= 15 is 0 Å². The molecule has 3 nitrogen and oxygen atoms in total. The van der Waals surface area contributed by atoms with Crippen molar-refractivity contribution in [3.63, 3.8) is 0 Å². The summed E-state index contributed by atoms with van der Waals surface area (Å²) in [6.07, 6.45) is 0. The predicted molar refractivity (Wildman–Crippen MR) is 260 cm³/mol. The third kappa shape index (κ3) is 7.59. The first-order chi connectivity index (χ1) is 29.1. The lowest BCUT2D eigenvalue weighted by Gasteiger charge is -2.28. The van der Waals surface area contributed by atoms with E-state index < -0.39 is 0 Å². The van der Waals surface area contributed by atoms with Gasteiger partial charge in [0.15, 0.2) is 5.82 Å². The molecule has 0 aliphatic heterocycles. The molecule has 0 atom stereocenters. The summed E-state index contributed by atoms with van der Waals surface area (Å²) in [4.78, 5) is 10.5. The maximum atomic E-state index is 5.36. The molecule has 7 aromatic carbocycles. The Morgan fingerprint density at radius 3 is 1.33 bits per heavy atom. The molecule has 0 saturated carbocycles. The summed E-state index contributed by atoms with van der Waals surface area (Å²) < 4.78 is 2.60. The van der Waals surface area contributed by atoms with Crippen molar-refractivity contribution in [1.82, 2.24) is 14.5 Å². The third-order valence-corrected chi connectivity index (χ3v) is 12.0. The van der Waals surface area contributed by atoms with Crippen LogP contribution in [0.4, 0.5) is 0 Å². The largest absolute Gasteiger partial charge is 0.308 e. The molecule has 0 aliphatic carbocycles. The maximum Gasteiger partial charge on any atom is 0.160 e. The van der Waals surface area contributed by atoms with Crippen LogP contribution in [0.2, 0.25) is 0 Å². The molecule has 9 aromatic rings. The third-order valence-electron chi connectivity index (χ3n) is 12.0. The molecule has 0 radical (unpaired) electrons. The van der Waals surface area contributed by atoms with E-state index in [4.69, 9.17) is 9.97 Å². The van der Waals surface area contributed by atoms with Crippen LogP contribution < -0.4 is 0 Å². The summed E-state index contributed by atoms with van der Waals surface area (Å²) in [5, 5.41) is 2.56. The molecule has 2 heterocycles. The molecule has 0 saturated heterocycles. The number of benzene rings is 7. The Hall–Kier alpha value is -6.58. The lowest BCUT2D eigenvalue weighted by molar-refractivity contribution is 0.572. The fourth-order valence-electron chi connectivity index (χ4n) is 8.62. The molecule has 0 spiro atoms. The van der Waals surface area contributed by atoms with E-state index in [9.17, 15) is 0 Å². The van der Waals surface area contributed by atoms with E-state index in [0.29, 0.717) is 5.82 Å². The Morgan fingerprint density at radius 1 is 0.377 bits per heavy atom. The van der Waals surface area contributed by atoms with Crippen molar-refractivity contribution in [3.8, 4) is 61.8 Å². The Morgan fingerprint density at radius 2 is 0.836 bits per heavy atom. The SMILES string of the molecule is CC(C)(C)c1ccc2c(c1)c1cc(C(C)(C)C)cc(C(C)(C)C)c1n2-c1c(-c2ccccc2)cc(-c2cc(-c3ccccc3)nc(-c3ccccc3)n2)cc1-c1ccccc1. The highest BCUT2D eigenvalue weighted by Crippen LogP contribution is 2.47. The van der Waals surface area contributed by atoms with Crippen LogP contribution in [0.1, 0.15) is 79.0 Å². The minimum Gasteiger partial charge on any atom is -0.308 e. The number of aromatic nitrogens is 3. The summed E-state index contributed by atoms with van der Waals surface area (Å²) >= 11 is 0. The van der Waals surface area contributed by atoms with E-state index in [1.54, 1.807) is 0 Å². The minimum absolute atomic E-state index is 0.0160. The van der Waals surface area contributed by atoms with Crippen LogP contribution in [-0.2, 0) is 16.2 Å². The number of hydrogen-bond donors (Lipinski definition) is 0. The van der Waals surface area contributed by atoms with Gasteiger partial charge in [0.1, 0.15) is 0 Å². The van der Waals surface area contributed by atoms with Gasteiger partial charge < -0.3 is 4.57 Å². The summed E-state index contributed by atoms with van der Waals surface area (Å²) in [5.74, 6) is 0.699. The van der Waals surface area contributed by atoms with Gasteiger partial charge in [0, 0.05) is 38.6 Å². The minimum atomic E-state index is -0.152. The highest BCUT2D eigenvalue weighted by molar-refractivity contribution is 6.12. The van der Waals surface area contributed by atoms with Gasteiger partial charge >= 0.3 is 0 Å². The smallest absolute Gasteiger partial charge is 0.160 e. The second-order valence-electron chi connectivity index (χ2n) is 19.6. The van der Waals surface area contributed by atoms with Crippen molar-refractivity contribution in [3.05, 3.63) is 187 Å². The van der Waals surface area contributed by atoms with Crippen LogP contribution in [0.5, 0.6) is 0 Å². The van der Waals surface area contributed by atoms with Crippen molar-refractivity contribution >= 4 is 21.8 Å². The van der Waals surface area contributed by atoms with Gasteiger partial charge in [0.05, 0.1) is 28.1 Å². The van der Waals surface area contributed by atoms with Crippen LogP contribution >= 0.6 is 0 Å². The Kier molecular flexibility index (Phi) is 9.90. The molecule has 302 valence electrons. The van der Waals surface area contributed by atoms with Crippen molar-refractivity contribution in [2.24, 2.45) is 0 Å². The standard InChI is InChI=1S/C58H55N3/c1-56(2,3)43-30-31-52-47(34-43)48-35-44(57(4,5)6)36-49(58(7,8)9)54(48)61(52)53-45(38-22-14-10-15-23-38)32-42(33-46(53)39-24-16-11-17-25-39)51-37-50(40-26-18-12-19-27-40)59-55(60-51)41-28-20-13-21-29-41/h10-37H,1-9H3. The normalized spacial score (nSPS) is 12.3. The Bertz CT molecular complexity index is 2910. The summed E-state index contributed by atoms with van der Waals surface area (Å²) in [6, 6.07) is 61.6. The summed E-state index contributed by atoms with van der Waals surface area (Å²) in [7, 11) is 0. The topological polar surface area (TPSA) is 30.7 Å². The predicted octanol–water partition coefficient (Wildman–Crippen LogP) is 15.8. The van der Waals surface area contributed by atoms with Gasteiger partial charge in [-0.3, -0.25) is 0 Å². The molecule has 0 aliphatic rings. The first-order valence-electron chi connectivity index (χ1n) is 21.6. The van der Waals surface area contributed by atoms with Crippen molar-refractivity contribution < 1.29 is 0 Å². The molecular formula is C58H55N3. The summed E-state index contributed by atoms with van der Waals surface area (Å²) in [6.45, 7) is 21.0. The van der Waals surface area contributed by atoms with Gasteiger partial charge in [-0.15, -0.1) is 0 Å². The van der Waals surface area contributed by atoms with E-state index in [1.165, 1.54) is 38.5 Å². The number of nitrogens with zero attached hydrogens (tertiary/aromatic N) is 3. The monoisotopic (exact) mass is 793 g/mol. The first-order valence-corrected chi connectivity index (χ1v) is 21.6. The van der Waals surface area contributed by atoms with E-state index in [0.717, 1.165) is 56.0 Å². The van der Waals surface area contributed by atoms with E-state index in [1.807, 2.05) is 12.1 Å². The van der Waals surface area contributed by atoms with Gasteiger partial charge in [0.25, 0.3) is 0 Å². The Labute approximate surface area is 361 Å². The number of rotatable bonds is 6. The molecule has 3 heteroatoms. The molecular weight excluding hydrogens is 739 g/mol. The van der Waals surface area contributed by atoms with Crippen LogP contribution in [-0.4, -0.2) is 14.5 Å². The molecule has 0 unspecified atom stereocenters. The quantitative estimate of drug-likeness (QED) is 0.168. The zero-order chi connectivity index (χ0) is 42.7. The molecule has 2 aromatic heterocycles. The lowest BCUT2D eigenvalue weighted by Crippen LogP contribution is -2.18. The first kappa shape index (κ1) is 39.9. The van der Waals surface area contributed by atoms with Crippen LogP contribution in [0.15, 0.2) is 170 Å². The fraction of sp³-hybridized carbons (Fsp3) is 0.207. The van der Waals surface area contributed by atoms with Crippen LogP contribution in [0, 0.1) is 0 Å². The maximum absolute atomic E-state index is 5.36. The van der Waals surface area contributed by atoms with Gasteiger partial charge in [-0.2, -0.15) is 0 Å². The van der Waals surface area contributed by atoms with Gasteiger partial charge in [-0.05, 0) is 80.5 Å². The second kappa shape index (κ2) is 15.2.